The van der Waals surface area contributed by atoms with Crippen LogP contribution in [0.4, 0.5) is 5.69 Å². The van der Waals surface area contributed by atoms with E-state index in [1.165, 1.54) is 22.6 Å². The van der Waals surface area contributed by atoms with Crippen LogP contribution in [0.1, 0.15) is 51.4 Å². The van der Waals surface area contributed by atoms with E-state index < -0.39 is 0 Å². The molecule has 0 radical (unpaired) electrons. The van der Waals surface area contributed by atoms with Crippen molar-refractivity contribution in [3.05, 3.63) is 75.5 Å². The fourth-order valence-corrected chi connectivity index (χ4v) is 6.17. The Morgan fingerprint density at radius 1 is 0.969 bits per heavy atom. The van der Waals surface area contributed by atoms with Gasteiger partial charge in [0.05, 0.1) is 16.3 Å². The molecule has 3 aromatic rings. The summed E-state index contributed by atoms with van der Waals surface area (Å²) in [6.07, 6.45) is 4.78. The third kappa shape index (κ3) is 4.27. The van der Waals surface area contributed by atoms with Gasteiger partial charge in [-0.3, -0.25) is 9.80 Å². The molecule has 4 nitrogen and oxygen atoms in total. The van der Waals surface area contributed by atoms with Crippen molar-refractivity contribution in [3.8, 4) is 0 Å². The molecule has 0 bridgehead atoms. The van der Waals surface area contributed by atoms with Gasteiger partial charge in [0, 0.05) is 45.9 Å². The van der Waals surface area contributed by atoms with Gasteiger partial charge in [-0.15, -0.1) is 11.3 Å². The Labute approximate surface area is 197 Å². The van der Waals surface area contributed by atoms with Crippen LogP contribution in [-0.4, -0.2) is 41.8 Å². The van der Waals surface area contributed by atoms with E-state index in [0.29, 0.717) is 5.56 Å². The smallest absolute Gasteiger partial charge is 0.267 e. The topological polar surface area (TPSA) is 35.9 Å². The number of rotatable bonds is 3. The van der Waals surface area contributed by atoms with Crippen LogP contribution in [-0.2, 0) is 0 Å². The molecule has 0 saturated carbocycles. The molecule has 2 aromatic carbocycles. The van der Waals surface area contributed by atoms with Crippen molar-refractivity contribution in [2.75, 3.05) is 20.1 Å². The van der Waals surface area contributed by atoms with Gasteiger partial charge >= 0.3 is 0 Å². The predicted molar refractivity (Wildman–Crippen MR) is 133 cm³/mol. The summed E-state index contributed by atoms with van der Waals surface area (Å²) < 4.78 is 0. The summed E-state index contributed by atoms with van der Waals surface area (Å²) >= 11 is 3.48. The van der Waals surface area contributed by atoms with Crippen molar-refractivity contribution >= 4 is 40.4 Å². The van der Waals surface area contributed by atoms with E-state index in [1.54, 1.807) is 28.1 Å². The number of hydrogen-bond donors (Lipinski definition) is 0. The van der Waals surface area contributed by atoms with E-state index in [-0.39, 0.29) is 5.91 Å². The van der Waals surface area contributed by atoms with E-state index in [2.05, 4.69) is 48.3 Å². The number of hydrogen-bond acceptors (Lipinski definition) is 5. The van der Waals surface area contributed by atoms with Gasteiger partial charge in [0.15, 0.2) is 0 Å². The van der Waals surface area contributed by atoms with Crippen LogP contribution in [0.5, 0.6) is 0 Å². The van der Waals surface area contributed by atoms with E-state index in [0.717, 1.165) is 52.7 Å². The molecule has 2 aliphatic rings. The highest BCUT2D eigenvalue weighted by atomic mass is 32.2. The van der Waals surface area contributed by atoms with Crippen LogP contribution in [0.15, 0.2) is 69.4 Å². The van der Waals surface area contributed by atoms with Crippen molar-refractivity contribution in [3.63, 3.8) is 0 Å². The number of carbonyl (C=O) groups is 1. The highest BCUT2D eigenvalue weighted by Crippen LogP contribution is 2.42. The average Bonchev–Trinajstić information content (AvgIpc) is 3.01. The molecular weight excluding hydrogens is 434 g/mol. The van der Waals surface area contributed by atoms with Crippen molar-refractivity contribution in [2.24, 2.45) is 4.99 Å². The van der Waals surface area contributed by atoms with Crippen LogP contribution >= 0.6 is 23.1 Å². The summed E-state index contributed by atoms with van der Waals surface area (Å²) in [6.45, 7) is 4.01. The molecule has 32 heavy (non-hydrogen) atoms. The number of amides is 1. The van der Waals surface area contributed by atoms with Gasteiger partial charge in [-0.25, -0.2) is 10.0 Å². The van der Waals surface area contributed by atoms with Gasteiger partial charge in [-0.1, -0.05) is 42.8 Å². The maximum Gasteiger partial charge on any atom is 0.267 e. The van der Waals surface area contributed by atoms with E-state index >= 15 is 0 Å². The zero-order valence-corrected chi connectivity index (χ0v) is 20.1. The number of hydrazine groups is 1. The SMILES string of the molecule is Cc1ccc(C2=Nc3cc(C(=O)N(C)N4CCCCCC4)ccc3Sc3ccccc32)s1. The normalized spacial score (nSPS) is 16.4. The fraction of sp³-hybridized carbons (Fsp3) is 0.308. The molecule has 1 saturated heterocycles. The maximum atomic E-state index is 13.3. The summed E-state index contributed by atoms with van der Waals surface area (Å²) in [5.74, 6) is 0.0326. The van der Waals surface area contributed by atoms with Crippen LogP contribution in [0.3, 0.4) is 0 Å². The number of benzene rings is 2. The van der Waals surface area contributed by atoms with E-state index in [1.807, 2.05) is 25.2 Å². The molecule has 1 aromatic heterocycles. The molecule has 0 spiro atoms. The minimum Gasteiger partial charge on any atom is -0.274 e. The molecule has 0 atom stereocenters. The molecule has 3 heterocycles. The minimum atomic E-state index is 0.0326. The second-order valence-corrected chi connectivity index (χ2v) is 10.7. The molecule has 1 amide bonds. The highest BCUT2D eigenvalue weighted by Gasteiger charge is 2.23. The number of aryl methyl sites for hydroxylation is 1. The lowest BCUT2D eigenvalue weighted by atomic mass is 10.1. The standard InChI is InChI=1S/C26H27N3OS2/c1-18-11-13-24(31-18)25-20-9-5-6-10-22(20)32-23-14-12-19(17-21(23)27-25)26(30)28(2)29-15-7-3-4-8-16-29/h5-6,9-14,17H,3-4,7-8,15-16H2,1-2H3. The number of carbonyl (C=O) groups excluding carboxylic acids is 1. The number of aliphatic imine (C=N–C) groups is 1. The Morgan fingerprint density at radius 3 is 2.50 bits per heavy atom. The number of nitrogens with zero attached hydrogens (tertiary/aromatic N) is 3. The molecule has 0 unspecified atom stereocenters. The largest absolute Gasteiger partial charge is 0.274 e. The predicted octanol–water partition coefficient (Wildman–Crippen LogP) is 6.55. The molecule has 0 aliphatic carbocycles. The molecule has 1 fully saturated rings. The summed E-state index contributed by atoms with van der Waals surface area (Å²) in [4.78, 5) is 23.1. The zero-order chi connectivity index (χ0) is 22.1. The van der Waals surface area contributed by atoms with Crippen LogP contribution < -0.4 is 0 Å². The quantitative estimate of drug-likeness (QED) is 0.347. The molecule has 5 rings (SSSR count). The van der Waals surface area contributed by atoms with Gasteiger partial charge in [0.2, 0.25) is 0 Å². The van der Waals surface area contributed by atoms with Crippen molar-refractivity contribution < 1.29 is 4.79 Å². The van der Waals surface area contributed by atoms with Gasteiger partial charge in [-0.2, -0.15) is 0 Å². The van der Waals surface area contributed by atoms with Crippen molar-refractivity contribution in [1.82, 2.24) is 10.0 Å². The highest BCUT2D eigenvalue weighted by molar-refractivity contribution is 7.99. The summed E-state index contributed by atoms with van der Waals surface area (Å²) in [5, 5.41) is 3.99. The Balaban J connectivity index is 1.53. The maximum absolute atomic E-state index is 13.3. The number of fused-ring (bicyclic) bond motifs is 2. The minimum absolute atomic E-state index is 0.0326. The average molecular weight is 462 g/mol. The lowest BCUT2D eigenvalue weighted by Gasteiger charge is -2.31. The summed E-state index contributed by atoms with van der Waals surface area (Å²) in [6, 6.07) is 18.7. The molecular formula is C26H27N3OS2. The van der Waals surface area contributed by atoms with Crippen LogP contribution in [0, 0.1) is 6.92 Å². The second-order valence-electron chi connectivity index (χ2n) is 8.35. The molecule has 164 valence electrons. The Bertz CT molecular complexity index is 1180. The second kappa shape index (κ2) is 9.22. The molecule has 0 N–H and O–H groups in total. The third-order valence-corrected chi connectivity index (χ3v) is 8.22. The summed E-state index contributed by atoms with van der Waals surface area (Å²) in [5.41, 5.74) is 3.68. The first-order valence-corrected chi connectivity index (χ1v) is 12.8. The Kier molecular flexibility index (Phi) is 6.17. The Morgan fingerprint density at radius 2 is 1.75 bits per heavy atom. The van der Waals surface area contributed by atoms with Crippen molar-refractivity contribution in [2.45, 2.75) is 42.4 Å². The van der Waals surface area contributed by atoms with Crippen molar-refractivity contribution in [1.29, 1.82) is 0 Å². The Hall–Kier alpha value is -2.41. The third-order valence-electron chi connectivity index (χ3n) is 6.07. The lowest BCUT2D eigenvalue weighted by Crippen LogP contribution is -2.44. The monoisotopic (exact) mass is 461 g/mol. The lowest BCUT2D eigenvalue weighted by molar-refractivity contribution is 0.00771. The zero-order valence-electron chi connectivity index (χ0n) is 18.5. The number of thiophene rings is 1. The van der Waals surface area contributed by atoms with Gasteiger partial charge in [-0.05, 0) is 56.2 Å². The first-order valence-electron chi connectivity index (χ1n) is 11.2. The molecule has 6 heteroatoms. The van der Waals surface area contributed by atoms with Gasteiger partial charge in [0.25, 0.3) is 5.91 Å². The molecule has 2 aliphatic heterocycles. The van der Waals surface area contributed by atoms with E-state index in [9.17, 15) is 4.79 Å². The van der Waals surface area contributed by atoms with Crippen LogP contribution in [0.25, 0.3) is 0 Å². The van der Waals surface area contributed by atoms with Gasteiger partial charge in [0.1, 0.15) is 0 Å². The van der Waals surface area contributed by atoms with Gasteiger partial charge < -0.3 is 0 Å². The van der Waals surface area contributed by atoms with E-state index in [4.69, 9.17) is 4.99 Å². The first-order chi connectivity index (χ1) is 15.6. The first kappa shape index (κ1) is 21.4. The van der Waals surface area contributed by atoms with Crippen LogP contribution in [0.2, 0.25) is 0 Å². The fourth-order valence-electron chi connectivity index (χ4n) is 4.29. The summed E-state index contributed by atoms with van der Waals surface area (Å²) in [7, 11) is 1.90.